The number of benzene rings is 2. The maximum absolute atomic E-state index is 13.4. The minimum atomic E-state index is 0.0872. The molecule has 9 nitrogen and oxygen atoms in total. The lowest BCUT2D eigenvalue weighted by molar-refractivity contribution is 0.0991. The summed E-state index contributed by atoms with van der Waals surface area (Å²) in [7, 11) is 3.87. The number of aryl methyl sites for hydroxylation is 2. The zero-order valence-electron chi connectivity index (χ0n) is 28.0. The van der Waals surface area contributed by atoms with Crippen LogP contribution in [-0.2, 0) is 24.2 Å². The van der Waals surface area contributed by atoms with Gasteiger partial charge in [0.15, 0.2) is 11.4 Å². The summed E-state index contributed by atoms with van der Waals surface area (Å²) >= 11 is 0. The molecule has 1 atom stereocenters. The van der Waals surface area contributed by atoms with Crippen LogP contribution in [0.5, 0.6) is 0 Å². The number of methoxy groups -OCH3 is 1. The molecular formula is C38H43N7O2. The van der Waals surface area contributed by atoms with Crippen molar-refractivity contribution in [2.45, 2.75) is 46.3 Å². The second-order valence-electron chi connectivity index (χ2n) is 12.6. The Bertz CT molecular complexity index is 1950. The number of imidazole rings is 1. The number of carbonyl (C=O) groups is 1. The van der Waals surface area contributed by atoms with Gasteiger partial charge in [-0.3, -0.25) is 18.8 Å². The average Bonchev–Trinajstić information content (AvgIpc) is 3.70. The summed E-state index contributed by atoms with van der Waals surface area (Å²) in [6.07, 6.45) is 7.81. The maximum atomic E-state index is 13.4. The summed E-state index contributed by atoms with van der Waals surface area (Å²) in [5.74, 6) is 6.68. The van der Waals surface area contributed by atoms with Gasteiger partial charge in [-0.2, -0.15) is 5.10 Å². The third-order valence-electron chi connectivity index (χ3n) is 9.07. The number of pyridine rings is 1. The molecule has 1 fully saturated rings. The zero-order chi connectivity index (χ0) is 32.9. The Morgan fingerprint density at radius 1 is 1.06 bits per heavy atom. The fourth-order valence-corrected chi connectivity index (χ4v) is 5.99. The van der Waals surface area contributed by atoms with Crippen LogP contribution in [0.15, 0.2) is 73.3 Å². The number of piperazine rings is 1. The molecule has 6 rings (SSSR count). The van der Waals surface area contributed by atoms with Gasteiger partial charge < -0.3 is 15.0 Å². The zero-order valence-corrected chi connectivity index (χ0v) is 28.0. The van der Waals surface area contributed by atoms with Gasteiger partial charge in [0.2, 0.25) is 0 Å². The van der Waals surface area contributed by atoms with E-state index in [9.17, 15) is 4.79 Å². The third kappa shape index (κ3) is 7.63. The Morgan fingerprint density at radius 2 is 1.94 bits per heavy atom. The lowest BCUT2D eigenvalue weighted by Gasteiger charge is -2.37. The number of ketones is 1. The molecule has 0 spiro atoms. The molecule has 47 heavy (non-hydrogen) atoms. The quantitative estimate of drug-likeness (QED) is 0.162. The van der Waals surface area contributed by atoms with E-state index in [0.717, 1.165) is 65.6 Å². The van der Waals surface area contributed by atoms with Gasteiger partial charge in [0.25, 0.3) is 0 Å². The first-order valence-electron chi connectivity index (χ1n) is 16.2. The molecule has 1 saturated heterocycles. The highest BCUT2D eigenvalue weighted by atomic mass is 16.5. The maximum Gasteiger partial charge on any atom is 0.167 e. The standard InChI is InChI=1S/C38H43N7O2/c1-27-8-10-32(37(46)20-30-9-11-33(28(2)19-30)25-43-16-15-42(4)29(3)24-43)21-31(27)12-13-35-23-39-38-36(7-6-14-45(35)38)41-34-22-40-44(26-34)17-18-47-5/h6-11,14,19,21-23,26,29,41H,15-18,20,24-25H2,1-5H3/t29-/m0/s1. The predicted molar refractivity (Wildman–Crippen MR) is 186 cm³/mol. The molecule has 0 bridgehead atoms. The van der Waals surface area contributed by atoms with Crippen molar-refractivity contribution in [3.8, 4) is 11.8 Å². The Labute approximate surface area is 277 Å². The van der Waals surface area contributed by atoms with Crippen LogP contribution >= 0.6 is 0 Å². The highest BCUT2D eigenvalue weighted by Gasteiger charge is 2.21. The van der Waals surface area contributed by atoms with Gasteiger partial charge in [0.1, 0.15) is 5.69 Å². The fraction of sp³-hybridized carbons (Fsp3) is 0.342. The number of hydrogen-bond donors (Lipinski definition) is 1. The first kappa shape index (κ1) is 32.2. The Balaban J connectivity index is 1.14. The van der Waals surface area contributed by atoms with Gasteiger partial charge >= 0.3 is 0 Å². The van der Waals surface area contributed by atoms with Gasteiger partial charge in [0.05, 0.1) is 36.9 Å². The molecule has 1 aliphatic heterocycles. The minimum Gasteiger partial charge on any atom is -0.383 e. The van der Waals surface area contributed by atoms with Crippen molar-refractivity contribution < 1.29 is 9.53 Å². The van der Waals surface area contributed by atoms with Crippen molar-refractivity contribution in [3.05, 3.63) is 112 Å². The number of nitrogens with one attached hydrogen (secondary N) is 1. The number of Topliss-reactive ketones (excluding diaryl/α,β-unsaturated/α-hetero) is 1. The SMILES string of the molecule is COCCn1cc(Nc2cccn3c(C#Cc4cc(C(=O)Cc5ccc(CN6CCN(C)[C@@H](C)C6)c(C)c5)ccc4C)cnc23)cn1. The van der Waals surface area contributed by atoms with Crippen LogP contribution < -0.4 is 5.32 Å². The fourth-order valence-electron chi connectivity index (χ4n) is 5.99. The summed E-state index contributed by atoms with van der Waals surface area (Å²) in [4.78, 5) is 23.0. The molecule has 4 heterocycles. The smallest absolute Gasteiger partial charge is 0.167 e. The van der Waals surface area contributed by atoms with Crippen LogP contribution in [0.3, 0.4) is 0 Å². The first-order valence-corrected chi connectivity index (χ1v) is 16.2. The van der Waals surface area contributed by atoms with E-state index in [1.165, 1.54) is 11.1 Å². The number of ether oxygens (including phenoxy) is 1. The summed E-state index contributed by atoms with van der Waals surface area (Å²) in [5.41, 5.74) is 9.37. The molecular weight excluding hydrogens is 586 g/mol. The van der Waals surface area contributed by atoms with Gasteiger partial charge in [-0.1, -0.05) is 36.3 Å². The molecule has 0 unspecified atom stereocenters. The van der Waals surface area contributed by atoms with Crippen molar-refractivity contribution in [1.29, 1.82) is 0 Å². The number of anilines is 2. The van der Waals surface area contributed by atoms with Crippen molar-refractivity contribution in [3.63, 3.8) is 0 Å². The Hall–Kier alpha value is -4.75. The molecule has 0 saturated carbocycles. The molecule has 5 aromatic rings. The van der Waals surface area contributed by atoms with E-state index in [-0.39, 0.29) is 5.78 Å². The molecule has 242 valence electrons. The number of aromatic nitrogens is 4. The number of rotatable bonds is 10. The largest absolute Gasteiger partial charge is 0.383 e. The normalized spacial score (nSPS) is 15.5. The van der Waals surface area contributed by atoms with E-state index in [1.807, 2.05) is 58.7 Å². The number of fused-ring (bicyclic) bond motifs is 1. The van der Waals surface area contributed by atoms with Crippen LogP contribution in [-0.4, -0.2) is 81.2 Å². The van der Waals surface area contributed by atoms with E-state index in [0.29, 0.717) is 31.2 Å². The second kappa shape index (κ2) is 14.3. The second-order valence-corrected chi connectivity index (χ2v) is 12.6. The summed E-state index contributed by atoms with van der Waals surface area (Å²) in [6, 6.07) is 16.8. The van der Waals surface area contributed by atoms with Crippen molar-refractivity contribution in [1.82, 2.24) is 29.0 Å². The van der Waals surface area contributed by atoms with Gasteiger partial charge in [-0.25, -0.2) is 4.98 Å². The molecule has 9 heteroatoms. The molecule has 0 amide bonds. The van der Waals surface area contributed by atoms with E-state index in [1.54, 1.807) is 19.5 Å². The Morgan fingerprint density at radius 3 is 2.74 bits per heavy atom. The number of nitrogens with zero attached hydrogens (tertiary/aromatic N) is 6. The van der Waals surface area contributed by atoms with E-state index < -0.39 is 0 Å². The van der Waals surface area contributed by atoms with Crippen molar-refractivity contribution >= 4 is 22.8 Å². The molecule has 3 aromatic heterocycles. The lowest BCUT2D eigenvalue weighted by Crippen LogP contribution is -2.49. The van der Waals surface area contributed by atoms with Crippen LogP contribution in [0.2, 0.25) is 0 Å². The molecule has 1 N–H and O–H groups in total. The van der Waals surface area contributed by atoms with E-state index >= 15 is 0 Å². The Kier molecular flexibility index (Phi) is 9.83. The van der Waals surface area contributed by atoms with E-state index in [4.69, 9.17) is 4.74 Å². The first-order chi connectivity index (χ1) is 22.8. The molecule has 0 radical (unpaired) electrons. The van der Waals surface area contributed by atoms with Crippen LogP contribution in [0.4, 0.5) is 11.4 Å². The number of hydrogen-bond acceptors (Lipinski definition) is 7. The van der Waals surface area contributed by atoms with Gasteiger partial charge in [0, 0.05) is 69.3 Å². The monoisotopic (exact) mass is 629 g/mol. The van der Waals surface area contributed by atoms with Crippen LogP contribution in [0.25, 0.3) is 5.65 Å². The summed E-state index contributed by atoms with van der Waals surface area (Å²) in [6.45, 7) is 11.9. The predicted octanol–water partition coefficient (Wildman–Crippen LogP) is 5.50. The third-order valence-corrected chi connectivity index (χ3v) is 9.07. The van der Waals surface area contributed by atoms with Crippen molar-refractivity contribution in [2.24, 2.45) is 0 Å². The van der Waals surface area contributed by atoms with Crippen LogP contribution in [0.1, 0.15) is 50.8 Å². The highest BCUT2D eigenvalue weighted by Crippen LogP contribution is 2.22. The lowest BCUT2D eigenvalue weighted by atomic mass is 9.96. The molecule has 1 aliphatic rings. The topological polar surface area (TPSA) is 79.9 Å². The van der Waals surface area contributed by atoms with Crippen molar-refractivity contribution in [2.75, 3.05) is 45.7 Å². The van der Waals surface area contributed by atoms with E-state index in [2.05, 4.69) is 76.1 Å². The molecule has 2 aromatic carbocycles. The van der Waals surface area contributed by atoms with Gasteiger partial charge in [-0.15, -0.1) is 0 Å². The summed E-state index contributed by atoms with van der Waals surface area (Å²) < 4.78 is 8.94. The number of carbonyl (C=O) groups excluding carboxylic acids is 1. The average molecular weight is 630 g/mol. The highest BCUT2D eigenvalue weighted by molar-refractivity contribution is 5.98. The number of likely N-dealkylation sites (N-methyl/N-ethyl adjacent to an activating group) is 1. The van der Waals surface area contributed by atoms with Crippen LogP contribution in [0, 0.1) is 25.7 Å². The van der Waals surface area contributed by atoms with Gasteiger partial charge in [-0.05, 0) is 74.2 Å². The molecule has 0 aliphatic carbocycles. The minimum absolute atomic E-state index is 0.0872. The summed E-state index contributed by atoms with van der Waals surface area (Å²) in [5, 5.41) is 7.79.